The fourth-order valence-electron chi connectivity index (χ4n) is 11.3. The van der Waals surface area contributed by atoms with E-state index >= 15 is 0 Å². The van der Waals surface area contributed by atoms with Crippen LogP contribution < -0.4 is 31.7 Å². The maximum atomic E-state index is 2.61. The topological polar surface area (TPSA) is 6.48 Å². The highest BCUT2D eigenvalue weighted by Crippen LogP contribution is 2.42. The Morgan fingerprint density at radius 3 is 1.60 bits per heavy atom. The zero-order valence-corrected chi connectivity index (χ0v) is 31.0. The molecule has 2 heterocycles. The van der Waals surface area contributed by atoms with Crippen LogP contribution in [0.5, 0.6) is 0 Å². The van der Waals surface area contributed by atoms with Gasteiger partial charge in [0.15, 0.2) is 0 Å². The highest BCUT2D eigenvalue weighted by molar-refractivity contribution is 6.95. The molecule has 7 aliphatic rings. The van der Waals surface area contributed by atoms with Gasteiger partial charge < -0.3 is 9.80 Å². The molecule has 53 heavy (non-hydrogen) atoms. The van der Waals surface area contributed by atoms with Crippen molar-refractivity contribution in [1.29, 1.82) is 0 Å². The van der Waals surface area contributed by atoms with Gasteiger partial charge in [-0.05, 0) is 152 Å². The first kappa shape index (κ1) is 31.6. The third-order valence-corrected chi connectivity index (χ3v) is 13.4. The Morgan fingerprint density at radius 2 is 1.06 bits per heavy atom. The monoisotopic (exact) mass is 684 g/mol. The van der Waals surface area contributed by atoms with Crippen LogP contribution in [-0.4, -0.2) is 13.4 Å². The van der Waals surface area contributed by atoms with E-state index in [1.54, 1.807) is 44.1 Å². The van der Waals surface area contributed by atoms with Crippen LogP contribution in [0.15, 0.2) is 149 Å². The molecule has 11 rings (SSSR count). The molecular weight excluding hydrogens is 638 g/mol. The van der Waals surface area contributed by atoms with Gasteiger partial charge in [-0.2, -0.15) is 0 Å². The summed E-state index contributed by atoms with van der Waals surface area (Å²) in [6.07, 6.45) is 29.9. The molecule has 2 aliphatic heterocycles. The minimum atomic E-state index is 0.313. The quantitative estimate of drug-likeness (QED) is 0.199. The number of hydrogen-bond acceptors (Lipinski definition) is 2. The van der Waals surface area contributed by atoms with E-state index in [2.05, 4.69) is 138 Å². The number of rotatable bonds is 4. The molecule has 0 radical (unpaired) electrons. The van der Waals surface area contributed by atoms with Crippen LogP contribution in [0.2, 0.25) is 0 Å². The summed E-state index contributed by atoms with van der Waals surface area (Å²) < 4.78 is 0. The summed E-state index contributed by atoms with van der Waals surface area (Å²) in [4.78, 5) is 5.16. The largest absolute Gasteiger partial charge is 0.312 e. The second-order valence-electron chi connectivity index (χ2n) is 16.3. The Morgan fingerprint density at radius 1 is 0.547 bits per heavy atom. The van der Waals surface area contributed by atoms with Crippen molar-refractivity contribution in [2.45, 2.75) is 77.6 Å². The van der Waals surface area contributed by atoms with Crippen molar-refractivity contribution in [3.05, 3.63) is 172 Å². The standard InChI is InChI=1S/C49H46B2N2/c1-33-29-31-35(32-30-33)53-46-27-11-7-23-42(46)51(43-24-8-12-28-47(43)53)49-38-19-13-17-36(38)48(37-18-14-20-39(37)49)50-40-21-5-9-25-44(40)52(34-15-3-2-4-16-34)45-26-10-6-22-41(45)50/h2-5,7,9-12,15-16,21,23,25-29,31-33H,6,8,13-14,17-20,22,24,30H2,1H3. The average Bonchev–Trinajstić information content (AvgIpc) is 3.90. The van der Waals surface area contributed by atoms with Crippen LogP contribution in [0.4, 0.5) is 17.1 Å². The Labute approximate surface area is 316 Å². The van der Waals surface area contributed by atoms with Crippen molar-refractivity contribution in [1.82, 2.24) is 0 Å². The van der Waals surface area contributed by atoms with E-state index in [1.807, 2.05) is 0 Å². The van der Waals surface area contributed by atoms with E-state index in [4.69, 9.17) is 0 Å². The molecule has 0 fully saturated rings. The van der Waals surface area contributed by atoms with E-state index in [1.165, 1.54) is 83.6 Å². The highest BCUT2D eigenvalue weighted by atomic mass is 15.2. The third-order valence-electron chi connectivity index (χ3n) is 13.4. The van der Waals surface area contributed by atoms with Crippen LogP contribution in [-0.2, 0) is 25.7 Å². The molecule has 4 aromatic rings. The second kappa shape index (κ2) is 12.6. The average molecular weight is 685 g/mol. The molecule has 4 heteroatoms. The smallest absolute Gasteiger partial charge is 0.242 e. The van der Waals surface area contributed by atoms with E-state index in [-0.39, 0.29) is 0 Å². The number of benzene rings is 4. The maximum Gasteiger partial charge on any atom is 0.242 e. The number of allylic oxidation sites excluding steroid dienone is 9. The van der Waals surface area contributed by atoms with E-state index in [0.29, 0.717) is 19.3 Å². The fraction of sp³-hybridized carbons (Fsp3) is 0.265. The van der Waals surface area contributed by atoms with Crippen molar-refractivity contribution < 1.29 is 0 Å². The van der Waals surface area contributed by atoms with Crippen molar-refractivity contribution in [2.24, 2.45) is 5.92 Å². The Kier molecular flexibility index (Phi) is 7.49. The fourth-order valence-corrected chi connectivity index (χ4v) is 11.3. The SMILES string of the molecule is CC1C=CC(N2C3=C(CCC=C3)B(c3c4c(c(B5C6=C(C=CCC6)N(c6ccccc6)c6ccccc65)c5c3CCC5)CCC4)c3ccccc32)=CC1. The number of fused-ring (bicyclic) bond motifs is 4. The molecule has 258 valence electrons. The molecule has 0 saturated heterocycles. The van der Waals surface area contributed by atoms with Crippen LogP contribution in [0.25, 0.3) is 0 Å². The van der Waals surface area contributed by atoms with E-state index in [9.17, 15) is 0 Å². The lowest BCUT2D eigenvalue weighted by Gasteiger charge is -2.42. The maximum absolute atomic E-state index is 2.61. The normalized spacial score (nSPS) is 21.0. The highest BCUT2D eigenvalue weighted by Gasteiger charge is 2.45. The molecule has 2 nitrogen and oxygen atoms in total. The van der Waals surface area contributed by atoms with Gasteiger partial charge >= 0.3 is 0 Å². The van der Waals surface area contributed by atoms with Gasteiger partial charge in [0.25, 0.3) is 0 Å². The molecule has 0 N–H and O–H groups in total. The van der Waals surface area contributed by atoms with Crippen LogP contribution >= 0.6 is 0 Å². The van der Waals surface area contributed by atoms with Gasteiger partial charge in [0.2, 0.25) is 13.4 Å². The van der Waals surface area contributed by atoms with Gasteiger partial charge in [0.05, 0.1) is 0 Å². The number of para-hydroxylation sites is 3. The summed E-state index contributed by atoms with van der Waals surface area (Å²) >= 11 is 0. The Hall–Kier alpha value is -4.95. The van der Waals surface area contributed by atoms with E-state index < -0.39 is 0 Å². The summed E-state index contributed by atoms with van der Waals surface area (Å²) in [6, 6.07) is 29.9. The van der Waals surface area contributed by atoms with E-state index in [0.717, 1.165) is 32.1 Å². The molecule has 0 saturated carbocycles. The zero-order valence-electron chi connectivity index (χ0n) is 31.0. The summed E-state index contributed by atoms with van der Waals surface area (Å²) in [5, 5.41) is 0. The summed E-state index contributed by atoms with van der Waals surface area (Å²) in [6.45, 7) is 2.96. The van der Waals surface area contributed by atoms with Crippen molar-refractivity contribution in [2.75, 3.05) is 9.80 Å². The van der Waals surface area contributed by atoms with Gasteiger partial charge in [0, 0.05) is 34.2 Å². The lowest BCUT2D eigenvalue weighted by molar-refractivity contribution is 0.727. The lowest BCUT2D eigenvalue weighted by Crippen LogP contribution is -2.57. The molecule has 1 unspecified atom stereocenters. The van der Waals surface area contributed by atoms with Gasteiger partial charge in [0.1, 0.15) is 0 Å². The number of nitrogens with zero attached hydrogens (tertiary/aromatic N) is 2. The first-order chi connectivity index (χ1) is 26.3. The molecule has 0 spiro atoms. The summed E-state index contributed by atoms with van der Waals surface area (Å²) in [5.74, 6) is 0.597. The second-order valence-corrected chi connectivity index (χ2v) is 16.3. The molecule has 0 bridgehead atoms. The van der Waals surface area contributed by atoms with Crippen molar-refractivity contribution in [3.63, 3.8) is 0 Å². The van der Waals surface area contributed by atoms with Gasteiger partial charge in [-0.15, -0.1) is 0 Å². The first-order valence-electron chi connectivity index (χ1n) is 20.5. The summed E-state index contributed by atoms with van der Waals surface area (Å²) in [5.41, 5.74) is 24.6. The first-order valence-corrected chi connectivity index (χ1v) is 20.5. The minimum Gasteiger partial charge on any atom is -0.312 e. The van der Waals surface area contributed by atoms with Crippen molar-refractivity contribution >= 4 is 52.3 Å². The molecular formula is C49H46B2N2. The predicted octanol–water partition coefficient (Wildman–Crippen LogP) is 8.62. The molecule has 4 aromatic carbocycles. The molecule has 5 aliphatic carbocycles. The zero-order chi connectivity index (χ0) is 35.0. The molecule has 0 aromatic heterocycles. The predicted molar refractivity (Wildman–Crippen MR) is 226 cm³/mol. The lowest BCUT2D eigenvalue weighted by atomic mass is 9.29. The minimum absolute atomic E-state index is 0.313. The van der Waals surface area contributed by atoms with Crippen LogP contribution in [0.3, 0.4) is 0 Å². The van der Waals surface area contributed by atoms with Gasteiger partial charge in [-0.25, -0.2) is 0 Å². The van der Waals surface area contributed by atoms with Crippen LogP contribution in [0, 0.1) is 5.92 Å². The number of anilines is 3. The van der Waals surface area contributed by atoms with Crippen LogP contribution in [0.1, 0.15) is 74.1 Å². The third kappa shape index (κ3) is 4.80. The summed E-state index contributed by atoms with van der Waals surface area (Å²) in [7, 11) is 0. The van der Waals surface area contributed by atoms with Gasteiger partial charge in [-0.3, -0.25) is 0 Å². The van der Waals surface area contributed by atoms with Gasteiger partial charge in [-0.1, -0.05) is 108 Å². The molecule has 0 amide bonds. The Balaban J connectivity index is 1.14. The van der Waals surface area contributed by atoms with Crippen molar-refractivity contribution in [3.8, 4) is 0 Å². The number of hydrogen-bond donors (Lipinski definition) is 0. The molecule has 1 atom stereocenters. The Bertz CT molecular complexity index is 2340.